The Bertz CT molecular complexity index is 917. The summed E-state index contributed by atoms with van der Waals surface area (Å²) in [6.07, 6.45) is 2.86. The van der Waals surface area contributed by atoms with Gasteiger partial charge in [0.1, 0.15) is 11.6 Å². The lowest BCUT2D eigenvalue weighted by atomic mass is 10.2. The summed E-state index contributed by atoms with van der Waals surface area (Å²) in [4.78, 5) is 6.01. The lowest BCUT2D eigenvalue weighted by molar-refractivity contribution is 0.579. The molecule has 0 N–H and O–H groups in total. The number of hydrogen-bond donors (Lipinski definition) is 0. The molecule has 0 fully saturated rings. The maximum absolute atomic E-state index is 13.8. The molecule has 7 heteroatoms. The summed E-state index contributed by atoms with van der Waals surface area (Å²) >= 11 is 2.97. The van der Waals surface area contributed by atoms with Crippen LogP contribution in [0.15, 0.2) is 63.8 Å². The standard InChI is InChI=1S/C17H13F2N3S2/c1-2-8-20-17-22(15(11-24-17)16-7-4-9-23-16)21-10-12-13(18)5-3-6-14(12)19/h2-7,9-11H,1,8H2. The second-order valence-electron chi connectivity index (χ2n) is 4.70. The second-order valence-corrected chi connectivity index (χ2v) is 6.49. The topological polar surface area (TPSA) is 29.6 Å². The SMILES string of the molecule is C=CCN=c1scc(-c2cccs2)n1N=Cc1c(F)cccc1F. The molecule has 1 aromatic carbocycles. The monoisotopic (exact) mass is 361 g/mol. The molecular weight excluding hydrogens is 348 g/mol. The number of rotatable bonds is 5. The van der Waals surface area contributed by atoms with E-state index in [2.05, 4.69) is 16.7 Å². The minimum atomic E-state index is -0.656. The van der Waals surface area contributed by atoms with Gasteiger partial charge in [-0.1, -0.05) is 18.2 Å². The number of halogens is 2. The van der Waals surface area contributed by atoms with Crippen molar-refractivity contribution in [2.45, 2.75) is 0 Å². The van der Waals surface area contributed by atoms with Crippen LogP contribution in [0, 0.1) is 11.6 Å². The van der Waals surface area contributed by atoms with Crippen molar-refractivity contribution in [2.24, 2.45) is 10.1 Å². The van der Waals surface area contributed by atoms with Crippen LogP contribution in [-0.4, -0.2) is 17.4 Å². The Morgan fingerprint density at radius 3 is 2.58 bits per heavy atom. The van der Waals surface area contributed by atoms with Gasteiger partial charge in [-0.05, 0) is 23.6 Å². The summed E-state index contributed by atoms with van der Waals surface area (Å²) in [6, 6.07) is 7.61. The Balaban J connectivity index is 2.10. The number of nitrogens with zero attached hydrogens (tertiary/aromatic N) is 3. The van der Waals surface area contributed by atoms with Gasteiger partial charge >= 0.3 is 0 Å². The second kappa shape index (κ2) is 7.46. The first-order chi connectivity index (χ1) is 11.7. The number of thiazole rings is 1. The summed E-state index contributed by atoms with van der Waals surface area (Å²) < 4.78 is 29.2. The van der Waals surface area contributed by atoms with Crippen LogP contribution in [0.4, 0.5) is 8.78 Å². The van der Waals surface area contributed by atoms with Gasteiger partial charge in [-0.25, -0.2) is 13.5 Å². The van der Waals surface area contributed by atoms with Crippen molar-refractivity contribution in [2.75, 3.05) is 6.54 Å². The predicted octanol–water partition coefficient (Wildman–Crippen LogP) is 4.53. The van der Waals surface area contributed by atoms with Crippen LogP contribution in [-0.2, 0) is 0 Å². The van der Waals surface area contributed by atoms with Gasteiger partial charge in [-0.3, -0.25) is 4.99 Å². The van der Waals surface area contributed by atoms with Gasteiger partial charge in [0.05, 0.1) is 28.9 Å². The van der Waals surface area contributed by atoms with E-state index in [-0.39, 0.29) is 5.56 Å². The highest BCUT2D eigenvalue weighted by Gasteiger charge is 2.10. The predicted molar refractivity (Wildman–Crippen MR) is 95.6 cm³/mol. The van der Waals surface area contributed by atoms with E-state index in [9.17, 15) is 8.78 Å². The summed E-state index contributed by atoms with van der Waals surface area (Å²) in [5.41, 5.74) is 0.647. The fraction of sp³-hybridized carbons (Fsp3) is 0.0588. The third-order valence-electron chi connectivity index (χ3n) is 3.12. The molecule has 0 aliphatic heterocycles. The van der Waals surface area contributed by atoms with Gasteiger partial charge < -0.3 is 0 Å². The molecule has 0 amide bonds. The fourth-order valence-corrected chi connectivity index (χ4v) is 3.65. The molecular formula is C17H13F2N3S2. The van der Waals surface area contributed by atoms with Crippen LogP contribution < -0.4 is 4.80 Å². The Kier molecular flexibility index (Phi) is 5.12. The first-order valence-corrected chi connectivity index (χ1v) is 8.81. The fourth-order valence-electron chi connectivity index (χ4n) is 2.01. The van der Waals surface area contributed by atoms with E-state index in [4.69, 9.17) is 0 Å². The molecule has 0 spiro atoms. The van der Waals surface area contributed by atoms with Crippen LogP contribution in [0.2, 0.25) is 0 Å². The summed E-state index contributed by atoms with van der Waals surface area (Å²) in [5.74, 6) is -1.31. The molecule has 3 rings (SSSR count). The molecule has 0 bridgehead atoms. The molecule has 0 radical (unpaired) electrons. The molecule has 0 aliphatic rings. The van der Waals surface area contributed by atoms with E-state index >= 15 is 0 Å². The van der Waals surface area contributed by atoms with Gasteiger partial charge in [-0.15, -0.1) is 29.3 Å². The largest absolute Gasteiger partial charge is 0.253 e. The van der Waals surface area contributed by atoms with E-state index in [0.29, 0.717) is 11.3 Å². The minimum Gasteiger partial charge on any atom is -0.253 e. The Labute approximate surface area is 145 Å². The Morgan fingerprint density at radius 2 is 1.92 bits per heavy atom. The zero-order chi connectivity index (χ0) is 16.9. The Hall–Kier alpha value is -2.38. The average Bonchev–Trinajstić information content (AvgIpc) is 3.22. The third-order valence-corrected chi connectivity index (χ3v) is 4.86. The molecule has 3 aromatic rings. The lowest BCUT2D eigenvalue weighted by Gasteiger charge is -2.02. The summed E-state index contributed by atoms with van der Waals surface area (Å²) in [6.45, 7) is 4.08. The van der Waals surface area contributed by atoms with E-state index in [1.807, 2.05) is 22.9 Å². The number of benzene rings is 1. The maximum atomic E-state index is 13.8. The molecule has 0 atom stereocenters. The van der Waals surface area contributed by atoms with Gasteiger partial charge in [0.2, 0.25) is 4.80 Å². The molecule has 0 aliphatic carbocycles. The van der Waals surface area contributed by atoms with Crippen LogP contribution in [0.3, 0.4) is 0 Å². The smallest absolute Gasteiger partial charge is 0.206 e. The van der Waals surface area contributed by atoms with Crippen molar-refractivity contribution in [1.82, 2.24) is 4.68 Å². The lowest BCUT2D eigenvalue weighted by Crippen LogP contribution is -2.12. The molecule has 2 aromatic heterocycles. The normalized spacial score (nSPS) is 12.2. The van der Waals surface area contributed by atoms with E-state index in [1.165, 1.54) is 35.8 Å². The van der Waals surface area contributed by atoms with E-state index in [1.54, 1.807) is 22.1 Å². The zero-order valence-electron chi connectivity index (χ0n) is 12.5. The van der Waals surface area contributed by atoms with Crippen LogP contribution in [0.1, 0.15) is 5.56 Å². The van der Waals surface area contributed by atoms with Gasteiger partial charge in [0.15, 0.2) is 0 Å². The van der Waals surface area contributed by atoms with Crippen LogP contribution in [0.25, 0.3) is 10.6 Å². The first-order valence-electron chi connectivity index (χ1n) is 7.05. The zero-order valence-corrected chi connectivity index (χ0v) is 14.2. The molecule has 0 unspecified atom stereocenters. The average molecular weight is 361 g/mol. The highest BCUT2D eigenvalue weighted by atomic mass is 32.1. The van der Waals surface area contributed by atoms with Crippen molar-refractivity contribution in [3.8, 4) is 10.6 Å². The number of aromatic nitrogens is 1. The quantitative estimate of drug-likeness (QED) is 0.472. The maximum Gasteiger partial charge on any atom is 0.206 e. The van der Waals surface area contributed by atoms with Crippen molar-refractivity contribution in [3.05, 3.63) is 75.7 Å². The summed E-state index contributed by atoms with van der Waals surface area (Å²) in [7, 11) is 0. The van der Waals surface area contributed by atoms with E-state index < -0.39 is 11.6 Å². The van der Waals surface area contributed by atoms with Crippen molar-refractivity contribution < 1.29 is 8.78 Å². The highest BCUT2D eigenvalue weighted by molar-refractivity contribution is 7.14. The molecule has 0 saturated heterocycles. The first kappa shape index (κ1) is 16.5. The third kappa shape index (κ3) is 3.42. The van der Waals surface area contributed by atoms with Crippen LogP contribution >= 0.6 is 22.7 Å². The number of thiophene rings is 1. The summed E-state index contributed by atoms with van der Waals surface area (Å²) in [5, 5.41) is 8.14. The highest BCUT2D eigenvalue weighted by Crippen LogP contribution is 2.25. The molecule has 2 heterocycles. The van der Waals surface area contributed by atoms with Gasteiger partial charge in [-0.2, -0.15) is 5.10 Å². The molecule has 122 valence electrons. The van der Waals surface area contributed by atoms with Crippen molar-refractivity contribution in [3.63, 3.8) is 0 Å². The van der Waals surface area contributed by atoms with E-state index in [0.717, 1.165) is 10.6 Å². The van der Waals surface area contributed by atoms with Gasteiger partial charge in [0.25, 0.3) is 0 Å². The van der Waals surface area contributed by atoms with Crippen molar-refractivity contribution in [1.29, 1.82) is 0 Å². The number of hydrogen-bond acceptors (Lipinski definition) is 4. The minimum absolute atomic E-state index is 0.178. The van der Waals surface area contributed by atoms with Crippen molar-refractivity contribution >= 4 is 28.9 Å². The molecule has 24 heavy (non-hydrogen) atoms. The Morgan fingerprint density at radius 1 is 1.12 bits per heavy atom. The van der Waals surface area contributed by atoms with Crippen LogP contribution in [0.5, 0.6) is 0 Å². The molecule has 0 saturated carbocycles. The molecule has 3 nitrogen and oxygen atoms in total. The van der Waals surface area contributed by atoms with Gasteiger partial charge in [0, 0.05) is 5.38 Å².